The normalized spacial score (nSPS) is 20.6. The molecule has 27 heavy (non-hydrogen) atoms. The van der Waals surface area contributed by atoms with Crippen LogP contribution >= 0.6 is 0 Å². The first kappa shape index (κ1) is 17.1. The Balaban J connectivity index is 1.83. The fourth-order valence-corrected chi connectivity index (χ4v) is 3.16. The highest BCUT2D eigenvalue weighted by Crippen LogP contribution is 2.48. The van der Waals surface area contributed by atoms with Gasteiger partial charge in [0.05, 0.1) is 6.61 Å². The summed E-state index contributed by atoms with van der Waals surface area (Å²) in [6, 6.07) is 14.8. The predicted octanol–water partition coefficient (Wildman–Crippen LogP) is 3.57. The molecule has 2 N–H and O–H groups in total. The molecule has 0 saturated carbocycles. The maximum Gasteiger partial charge on any atom is 0.339 e. The Labute approximate surface area is 155 Å². The molecule has 0 amide bonds. The van der Waals surface area contributed by atoms with Gasteiger partial charge in [0.2, 0.25) is 0 Å². The van der Waals surface area contributed by atoms with Gasteiger partial charge in [0.15, 0.2) is 0 Å². The number of rotatable bonds is 5. The fraction of sp³-hybridized carbons (Fsp3) is 0.0952. The van der Waals surface area contributed by atoms with Crippen molar-refractivity contribution in [2.75, 3.05) is 0 Å². The number of fused-ring (bicyclic) bond motifs is 1. The van der Waals surface area contributed by atoms with E-state index >= 15 is 0 Å². The molecule has 2 aliphatic heterocycles. The number of halogens is 1. The second-order valence-corrected chi connectivity index (χ2v) is 6.10. The zero-order chi connectivity index (χ0) is 18.9. The molecule has 2 aliphatic rings. The zero-order valence-corrected chi connectivity index (χ0v) is 14.2. The molecule has 2 aromatic rings. The van der Waals surface area contributed by atoms with Crippen molar-refractivity contribution in [3.8, 4) is 0 Å². The lowest BCUT2D eigenvalue weighted by molar-refractivity contribution is -0.198. The molecule has 1 atom stereocenters. The minimum absolute atomic E-state index is 0.0472. The second-order valence-electron chi connectivity index (χ2n) is 6.10. The van der Waals surface area contributed by atoms with Crippen LogP contribution in [0.15, 0.2) is 90.0 Å². The Bertz CT molecular complexity index is 963. The van der Waals surface area contributed by atoms with Gasteiger partial charge >= 0.3 is 5.97 Å². The van der Waals surface area contributed by atoms with Crippen molar-refractivity contribution < 1.29 is 23.8 Å². The number of nitrogens with one attached hydrogen (secondary N) is 1. The summed E-state index contributed by atoms with van der Waals surface area (Å²) in [4.78, 5) is 12.2. The van der Waals surface area contributed by atoms with Gasteiger partial charge in [-0.05, 0) is 35.9 Å². The Hall–Kier alpha value is -3.38. The molecule has 0 bridgehead atoms. The number of hydrogen-bond donors (Lipinski definition) is 2. The van der Waals surface area contributed by atoms with E-state index in [1.54, 1.807) is 18.5 Å². The van der Waals surface area contributed by atoms with Gasteiger partial charge in [-0.1, -0.05) is 30.3 Å². The summed E-state index contributed by atoms with van der Waals surface area (Å²) >= 11 is 0. The van der Waals surface area contributed by atoms with Crippen molar-refractivity contribution >= 4 is 5.97 Å². The molecule has 136 valence electrons. The summed E-state index contributed by atoms with van der Waals surface area (Å²) < 4.78 is 25.6. The molecule has 6 heteroatoms. The van der Waals surface area contributed by atoms with Gasteiger partial charge in [-0.25, -0.2) is 9.18 Å². The number of allylic oxidation sites excluding steroid dienone is 1. The van der Waals surface area contributed by atoms with Crippen molar-refractivity contribution in [3.05, 3.63) is 107 Å². The van der Waals surface area contributed by atoms with Crippen LogP contribution in [0.25, 0.3) is 0 Å². The molecular weight excluding hydrogens is 349 g/mol. The van der Waals surface area contributed by atoms with Gasteiger partial charge in [-0.15, -0.1) is 0 Å². The Morgan fingerprint density at radius 1 is 1.15 bits per heavy atom. The standard InChI is InChI=1S/C21H16FNO4/c22-16-8-6-15(7-9-16)21(26-13-14-4-2-1-3-5-14)19(20(24)25)17-10-11-23-12-18(17)27-21/h1-12,23H,13H2,(H,24,25). The maximum absolute atomic E-state index is 13.5. The monoisotopic (exact) mass is 365 g/mol. The lowest BCUT2D eigenvalue weighted by Crippen LogP contribution is -2.35. The third-order valence-corrected chi connectivity index (χ3v) is 4.40. The van der Waals surface area contributed by atoms with E-state index in [1.165, 1.54) is 24.3 Å². The summed E-state index contributed by atoms with van der Waals surface area (Å²) in [7, 11) is 0. The molecule has 0 radical (unpaired) electrons. The number of benzene rings is 2. The van der Waals surface area contributed by atoms with Gasteiger partial charge in [-0.3, -0.25) is 0 Å². The largest absolute Gasteiger partial charge is 0.478 e. The molecule has 0 spiro atoms. The van der Waals surface area contributed by atoms with Gasteiger partial charge in [0.25, 0.3) is 5.79 Å². The van der Waals surface area contributed by atoms with E-state index in [2.05, 4.69) is 5.32 Å². The first-order valence-electron chi connectivity index (χ1n) is 8.34. The van der Waals surface area contributed by atoms with Crippen LogP contribution in [-0.4, -0.2) is 11.1 Å². The third kappa shape index (κ3) is 3.00. The van der Waals surface area contributed by atoms with Crippen molar-refractivity contribution in [1.82, 2.24) is 5.32 Å². The minimum atomic E-state index is -1.69. The first-order valence-corrected chi connectivity index (χ1v) is 8.34. The Kier molecular flexibility index (Phi) is 4.25. The number of carboxylic acid groups (broad SMARTS) is 1. The first-order chi connectivity index (χ1) is 13.1. The maximum atomic E-state index is 13.5. The van der Waals surface area contributed by atoms with Gasteiger partial charge in [0.1, 0.15) is 17.1 Å². The molecule has 2 heterocycles. The van der Waals surface area contributed by atoms with Crippen LogP contribution in [0.5, 0.6) is 0 Å². The van der Waals surface area contributed by atoms with E-state index in [0.717, 1.165) is 5.56 Å². The Morgan fingerprint density at radius 3 is 2.59 bits per heavy atom. The van der Waals surface area contributed by atoms with Crippen molar-refractivity contribution in [3.63, 3.8) is 0 Å². The zero-order valence-electron chi connectivity index (χ0n) is 14.2. The van der Waals surface area contributed by atoms with Crippen LogP contribution in [-0.2, 0) is 26.7 Å². The van der Waals surface area contributed by atoms with Gasteiger partial charge in [-0.2, -0.15) is 0 Å². The fourth-order valence-electron chi connectivity index (χ4n) is 3.16. The molecule has 1 unspecified atom stereocenters. The lowest BCUT2D eigenvalue weighted by atomic mass is 9.94. The SMILES string of the molecule is O=C(O)C1=C2C=CNC=C2OC1(OCc1ccccc1)c1ccc(F)cc1. The van der Waals surface area contributed by atoms with E-state index in [-0.39, 0.29) is 12.2 Å². The number of carbonyl (C=O) groups is 1. The van der Waals surface area contributed by atoms with E-state index in [4.69, 9.17) is 9.47 Å². The quantitative estimate of drug-likeness (QED) is 0.848. The lowest BCUT2D eigenvalue weighted by Gasteiger charge is -2.31. The van der Waals surface area contributed by atoms with Crippen molar-refractivity contribution in [2.45, 2.75) is 12.4 Å². The van der Waals surface area contributed by atoms with Crippen LogP contribution in [0.4, 0.5) is 4.39 Å². The van der Waals surface area contributed by atoms with E-state index in [0.29, 0.717) is 16.9 Å². The minimum Gasteiger partial charge on any atom is -0.478 e. The summed E-state index contributed by atoms with van der Waals surface area (Å²) in [5.41, 5.74) is 1.62. The molecule has 0 saturated heterocycles. The van der Waals surface area contributed by atoms with Crippen LogP contribution in [0.2, 0.25) is 0 Å². The smallest absolute Gasteiger partial charge is 0.339 e. The summed E-state index contributed by atoms with van der Waals surface area (Å²) in [6.45, 7) is 0.118. The average molecular weight is 365 g/mol. The van der Waals surface area contributed by atoms with Gasteiger partial charge < -0.3 is 19.9 Å². The van der Waals surface area contributed by atoms with Crippen LogP contribution < -0.4 is 5.32 Å². The molecule has 2 aromatic carbocycles. The van der Waals surface area contributed by atoms with Gasteiger partial charge in [0, 0.05) is 23.5 Å². The van der Waals surface area contributed by atoms with Crippen molar-refractivity contribution in [1.29, 1.82) is 0 Å². The molecule has 0 aromatic heterocycles. The number of dihydropyridines is 1. The van der Waals surface area contributed by atoms with Crippen LogP contribution in [0.1, 0.15) is 11.1 Å². The average Bonchev–Trinajstić information content (AvgIpc) is 3.03. The number of carboxylic acids is 1. The summed E-state index contributed by atoms with van der Waals surface area (Å²) in [5, 5.41) is 12.8. The topological polar surface area (TPSA) is 67.8 Å². The molecular formula is C21H16FNO4. The number of aliphatic carboxylic acids is 1. The second kappa shape index (κ2) is 6.74. The van der Waals surface area contributed by atoms with E-state index < -0.39 is 17.6 Å². The summed E-state index contributed by atoms with van der Waals surface area (Å²) in [6.07, 6.45) is 4.80. The Morgan fingerprint density at radius 2 is 1.89 bits per heavy atom. The summed E-state index contributed by atoms with van der Waals surface area (Å²) in [5.74, 6) is -2.94. The highest BCUT2D eigenvalue weighted by molar-refractivity contribution is 5.93. The number of ether oxygens (including phenoxy) is 2. The molecule has 0 aliphatic carbocycles. The molecule has 0 fully saturated rings. The van der Waals surface area contributed by atoms with E-state index in [9.17, 15) is 14.3 Å². The van der Waals surface area contributed by atoms with Crippen molar-refractivity contribution in [2.24, 2.45) is 0 Å². The molecule has 5 nitrogen and oxygen atoms in total. The highest BCUT2D eigenvalue weighted by Gasteiger charge is 2.52. The van der Waals surface area contributed by atoms with E-state index in [1.807, 2.05) is 30.3 Å². The predicted molar refractivity (Wildman–Crippen MR) is 95.4 cm³/mol. The highest BCUT2D eigenvalue weighted by atomic mass is 19.1. The third-order valence-electron chi connectivity index (χ3n) is 4.40. The van der Waals surface area contributed by atoms with Crippen LogP contribution in [0, 0.1) is 5.82 Å². The number of hydrogen-bond acceptors (Lipinski definition) is 4. The molecule has 4 rings (SSSR count). The van der Waals surface area contributed by atoms with Crippen LogP contribution in [0.3, 0.4) is 0 Å².